The van der Waals surface area contributed by atoms with Gasteiger partial charge in [0.05, 0.1) is 11.9 Å². The van der Waals surface area contributed by atoms with Crippen LogP contribution in [-0.2, 0) is 9.53 Å². The van der Waals surface area contributed by atoms with Crippen LogP contribution in [0.3, 0.4) is 0 Å². The van der Waals surface area contributed by atoms with Crippen molar-refractivity contribution in [1.82, 2.24) is 0 Å². The molecule has 68 valence electrons. The lowest BCUT2D eigenvalue weighted by molar-refractivity contribution is -0.138. The second-order valence-electron chi connectivity index (χ2n) is 1.74. The van der Waals surface area contributed by atoms with Gasteiger partial charge in [0.15, 0.2) is 0 Å². The van der Waals surface area contributed by atoms with Gasteiger partial charge in [-0.1, -0.05) is 15.9 Å². The number of nitrogens with zero attached hydrogens (tertiary/aromatic N) is 1. The van der Waals surface area contributed by atoms with Crippen LogP contribution >= 0.6 is 15.9 Å². The first-order valence-electron chi connectivity index (χ1n) is 3.15. The van der Waals surface area contributed by atoms with E-state index in [1.807, 2.05) is 0 Å². The van der Waals surface area contributed by atoms with Crippen LogP contribution in [0, 0.1) is 4.91 Å². The van der Waals surface area contributed by atoms with Crippen LogP contribution in [0.25, 0.3) is 0 Å². The molecular formula is C6H8BrNO4. The number of aliphatic hydroxyl groups is 1. The van der Waals surface area contributed by atoms with E-state index >= 15 is 0 Å². The van der Waals surface area contributed by atoms with Crippen molar-refractivity contribution in [2.75, 3.05) is 11.9 Å². The summed E-state index contributed by atoms with van der Waals surface area (Å²) in [6.07, 6.45) is 0. The molecule has 0 fully saturated rings. The van der Waals surface area contributed by atoms with E-state index in [0.29, 0.717) is 0 Å². The SMILES string of the molecule is CCOC(=O)/C(N=O)=C(/O)CBr. The fourth-order valence-electron chi connectivity index (χ4n) is 0.471. The minimum atomic E-state index is -0.913. The van der Waals surface area contributed by atoms with Crippen molar-refractivity contribution in [2.45, 2.75) is 6.92 Å². The van der Waals surface area contributed by atoms with Crippen LogP contribution in [0.2, 0.25) is 0 Å². The van der Waals surface area contributed by atoms with Gasteiger partial charge in [0.2, 0.25) is 5.70 Å². The lowest BCUT2D eigenvalue weighted by atomic mass is 10.4. The van der Waals surface area contributed by atoms with Crippen LogP contribution in [0.15, 0.2) is 16.6 Å². The van der Waals surface area contributed by atoms with Crippen LogP contribution in [0.1, 0.15) is 6.92 Å². The first-order valence-corrected chi connectivity index (χ1v) is 4.28. The van der Waals surface area contributed by atoms with Gasteiger partial charge in [-0.25, -0.2) is 4.79 Å². The third kappa shape index (κ3) is 3.00. The predicted octanol–water partition coefficient (Wildman–Crippen LogP) is 1.48. The van der Waals surface area contributed by atoms with E-state index in [1.54, 1.807) is 6.92 Å². The zero-order valence-corrected chi connectivity index (χ0v) is 8.00. The van der Waals surface area contributed by atoms with Gasteiger partial charge in [0, 0.05) is 0 Å². The molecule has 0 aromatic rings. The molecular weight excluding hydrogens is 230 g/mol. The molecule has 0 rings (SSSR count). The maximum absolute atomic E-state index is 10.8. The van der Waals surface area contributed by atoms with Crippen LogP contribution in [-0.4, -0.2) is 23.0 Å². The van der Waals surface area contributed by atoms with Crippen molar-refractivity contribution in [3.63, 3.8) is 0 Å². The molecule has 0 spiro atoms. The Hall–Kier alpha value is -0.910. The summed E-state index contributed by atoms with van der Waals surface area (Å²) >= 11 is 2.86. The Bertz CT molecular complexity index is 214. The molecule has 1 N–H and O–H groups in total. The zero-order chi connectivity index (χ0) is 9.56. The second-order valence-corrected chi connectivity index (χ2v) is 2.30. The zero-order valence-electron chi connectivity index (χ0n) is 6.41. The summed E-state index contributed by atoms with van der Waals surface area (Å²) in [5, 5.41) is 11.3. The largest absolute Gasteiger partial charge is 0.509 e. The summed E-state index contributed by atoms with van der Waals surface area (Å²) in [5.41, 5.74) is -0.589. The van der Waals surface area contributed by atoms with E-state index in [9.17, 15) is 9.70 Å². The molecule has 6 heteroatoms. The van der Waals surface area contributed by atoms with E-state index in [0.717, 1.165) is 0 Å². The number of carbonyl (C=O) groups excluding carboxylic acids is 1. The van der Waals surface area contributed by atoms with Crippen molar-refractivity contribution in [3.8, 4) is 0 Å². The quantitative estimate of drug-likeness (QED) is 0.264. The summed E-state index contributed by atoms with van der Waals surface area (Å²) in [5.74, 6) is -1.34. The van der Waals surface area contributed by atoms with Gasteiger partial charge in [-0.05, 0) is 12.1 Å². The number of hydrogen-bond donors (Lipinski definition) is 1. The second kappa shape index (κ2) is 5.70. The van der Waals surface area contributed by atoms with E-state index in [2.05, 4.69) is 25.8 Å². The lowest BCUT2D eigenvalue weighted by Crippen LogP contribution is -2.08. The minimum absolute atomic E-state index is 0.00706. The summed E-state index contributed by atoms with van der Waals surface area (Å²) in [6, 6.07) is 0. The highest BCUT2D eigenvalue weighted by molar-refractivity contribution is 9.09. The predicted molar refractivity (Wildman–Crippen MR) is 45.9 cm³/mol. The molecule has 0 bridgehead atoms. The first-order chi connectivity index (χ1) is 5.67. The van der Waals surface area contributed by atoms with E-state index in [-0.39, 0.29) is 11.9 Å². The number of carbonyl (C=O) groups is 1. The van der Waals surface area contributed by atoms with Gasteiger partial charge in [-0.2, -0.15) is 0 Å². The molecule has 0 saturated heterocycles. The molecule has 0 aromatic heterocycles. The number of rotatable bonds is 4. The Morgan fingerprint density at radius 1 is 1.67 bits per heavy atom. The number of aliphatic hydroxyl groups excluding tert-OH is 1. The Morgan fingerprint density at radius 3 is 2.58 bits per heavy atom. The number of halogens is 1. The van der Waals surface area contributed by atoms with Gasteiger partial charge < -0.3 is 9.84 Å². The third-order valence-corrected chi connectivity index (χ3v) is 1.49. The van der Waals surface area contributed by atoms with Crippen molar-refractivity contribution in [3.05, 3.63) is 16.4 Å². The average Bonchev–Trinajstić information content (AvgIpc) is 2.06. The van der Waals surface area contributed by atoms with Gasteiger partial charge in [-0.3, -0.25) is 0 Å². The summed E-state index contributed by atoms with van der Waals surface area (Å²) in [4.78, 5) is 20.9. The molecule has 0 unspecified atom stereocenters. The van der Waals surface area contributed by atoms with Crippen molar-refractivity contribution >= 4 is 21.9 Å². The summed E-state index contributed by atoms with van der Waals surface area (Å²) in [7, 11) is 0. The molecule has 0 aliphatic rings. The highest BCUT2D eigenvalue weighted by atomic mass is 79.9. The molecule has 5 nitrogen and oxygen atoms in total. The minimum Gasteiger partial charge on any atom is -0.509 e. The molecule has 0 saturated carbocycles. The topological polar surface area (TPSA) is 76.0 Å². The molecule has 0 atom stereocenters. The maximum atomic E-state index is 10.8. The first kappa shape index (κ1) is 11.1. The highest BCUT2D eigenvalue weighted by Crippen LogP contribution is 2.07. The number of ether oxygens (including phenoxy) is 1. The van der Waals surface area contributed by atoms with Gasteiger partial charge in [0.1, 0.15) is 5.76 Å². The standard InChI is InChI=1S/C6H8BrNO4/c1-2-12-6(10)5(8-11)4(9)3-7/h9H,2-3H2,1H3/b5-4-. The smallest absolute Gasteiger partial charge is 0.364 e. The molecule has 0 aromatic carbocycles. The molecule has 0 aliphatic heterocycles. The third-order valence-electron chi connectivity index (χ3n) is 0.960. The number of alkyl halides is 1. The maximum Gasteiger partial charge on any atom is 0.364 e. The summed E-state index contributed by atoms with van der Waals surface area (Å²) < 4.78 is 4.45. The lowest BCUT2D eigenvalue weighted by Gasteiger charge is -2.00. The van der Waals surface area contributed by atoms with E-state index < -0.39 is 17.4 Å². The Morgan fingerprint density at radius 2 is 2.25 bits per heavy atom. The van der Waals surface area contributed by atoms with Gasteiger partial charge in [-0.15, -0.1) is 4.91 Å². The molecule has 12 heavy (non-hydrogen) atoms. The molecule has 0 heterocycles. The van der Waals surface area contributed by atoms with E-state index in [4.69, 9.17) is 5.11 Å². The van der Waals surface area contributed by atoms with Gasteiger partial charge >= 0.3 is 5.97 Å². The van der Waals surface area contributed by atoms with E-state index in [1.165, 1.54) is 0 Å². The number of esters is 1. The Labute approximate surface area is 77.5 Å². The van der Waals surface area contributed by atoms with Crippen molar-refractivity contribution < 1.29 is 14.6 Å². The van der Waals surface area contributed by atoms with Crippen molar-refractivity contribution in [1.29, 1.82) is 0 Å². The van der Waals surface area contributed by atoms with Crippen LogP contribution in [0.4, 0.5) is 0 Å². The number of allylic oxidation sites excluding steroid dienone is 1. The highest BCUT2D eigenvalue weighted by Gasteiger charge is 2.16. The van der Waals surface area contributed by atoms with Crippen LogP contribution < -0.4 is 0 Å². The molecule has 0 aliphatic carbocycles. The fraction of sp³-hybridized carbons (Fsp3) is 0.500. The monoisotopic (exact) mass is 237 g/mol. The average molecular weight is 238 g/mol. The fourth-order valence-corrected chi connectivity index (χ4v) is 0.736. The normalized spacial score (nSPS) is 11.8. The number of nitroso groups, excluding NO2 is 1. The summed E-state index contributed by atoms with van der Waals surface area (Å²) in [6.45, 7) is 1.72. The molecule has 0 amide bonds. The van der Waals surface area contributed by atoms with Gasteiger partial charge in [0.25, 0.3) is 0 Å². The van der Waals surface area contributed by atoms with Crippen LogP contribution in [0.5, 0.6) is 0 Å². The molecule has 0 radical (unpaired) electrons. The van der Waals surface area contributed by atoms with Crippen molar-refractivity contribution in [2.24, 2.45) is 5.18 Å². The Kier molecular flexibility index (Phi) is 5.27. The Balaban J connectivity index is 4.55. The number of hydrogen-bond acceptors (Lipinski definition) is 5.